The lowest BCUT2D eigenvalue weighted by Gasteiger charge is -2.04. The first-order valence-corrected chi connectivity index (χ1v) is 5.69. The van der Waals surface area contributed by atoms with E-state index in [2.05, 4.69) is 21.2 Å². The second-order valence-corrected chi connectivity index (χ2v) is 4.07. The molecule has 0 unspecified atom stereocenters. The molecule has 1 aromatic carbocycles. The number of rotatable bonds is 6. The summed E-state index contributed by atoms with van der Waals surface area (Å²) < 4.78 is 18.8. The Morgan fingerprint density at radius 1 is 1.40 bits per heavy atom. The maximum Gasteiger partial charge on any atom is 0.137 e. The molecule has 0 radical (unpaired) electrons. The van der Waals surface area contributed by atoms with Gasteiger partial charge in [-0.05, 0) is 47.1 Å². The summed E-state index contributed by atoms with van der Waals surface area (Å²) in [6, 6.07) is 5.03. The van der Waals surface area contributed by atoms with Gasteiger partial charge in [0.15, 0.2) is 0 Å². The number of nitrogens with one attached hydrogen (secondary N) is 1. The first-order valence-electron chi connectivity index (χ1n) is 4.90. The summed E-state index contributed by atoms with van der Waals surface area (Å²) in [5.74, 6) is -0.227. The van der Waals surface area contributed by atoms with E-state index >= 15 is 0 Å². The minimum absolute atomic E-state index is 0.227. The highest BCUT2D eigenvalue weighted by Gasteiger charge is 2.00. The van der Waals surface area contributed by atoms with Gasteiger partial charge in [-0.1, -0.05) is 6.07 Å². The average molecular weight is 276 g/mol. The summed E-state index contributed by atoms with van der Waals surface area (Å²) in [5, 5.41) is 3.00. The van der Waals surface area contributed by atoms with Crippen molar-refractivity contribution in [3.05, 3.63) is 34.1 Å². The van der Waals surface area contributed by atoms with Crippen LogP contribution in [0.2, 0.25) is 0 Å². The van der Waals surface area contributed by atoms with E-state index in [1.165, 1.54) is 6.07 Å². The summed E-state index contributed by atoms with van der Waals surface area (Å²) in [6.07, 6.45) is 0.808. The van der Waals surface area contributed by atoms with E-state index in [1.54, 1.807) is 12.1 Å². The van der Waals surface area contributed by atoms with Gasteiger partial charge in [-0.3, -0.25) is 0 Å². The third kappa shape index (κ3) is 4.73. The van der Waals surface area contributed by atoms with E-state index in [0.717, 1.165) is 18.5 Å². The van der Waals surface area contributed by atoms with Crippen LogP contribution < -0.4 is 5.32 Å². The fraction of sp³-hybridized carbons (Fsp3) is 0.455. The van der Waals surface area contributed by atoms with Crippen molar-refractivity contribution in [3.63, 3.8) is 0 Å². The lowest BCUT2D eigenvalue weighted by Crippen LogP contribution is -2.15. The Balaban J connectivity index is 2.28. The lowest BCUT2D eigenvalue weighted by molar-refractivity contribution is 0.140. The Morgan fingerprint density at radius 3 is 2.87 bits per heavy atom. The second-order valence-electron chi connectivity index (χ2n) is 3.21. The quantitative estimate of drug-likeness (QED) is 0.805. The van der Waals surface area contributed by atoms with Crippen LogP contribution >= 0.6 is 15.9 Å². The van der Waals surface area contributed by atoms with Gasteiger partial charge in [-0.2, -0.15) is 0 Å². The van der Waals surface area contributed by atoms with Crippen LogP contribution in [-0.4, -0.2) is 26.8 Å². The summed E-state index contributed by atoms with van der Waals surface area (Å²) in [7, 11) is 1.89. The van der Waals surface area contributed by atoms with E-state index < -0.39 is 0 Å². The van der Waals surface area contributed by atoms with Crippen LogP contribution in [0.25, 0.3) is 0 Å². The standard InChI is InChI=1S/C11H15BrFNO/c1-14-5-7-15-6-4-9-2-3-11(13)10(12)8-9/h2-3,8,14H,4-7H2,1H3. The average Bonchev–Trinajstić information content (AvgIpc) is 2.23. The largest absolute Gasteiger partial charge is 0.380 e. The van der Waals surface area contributed by atoms with Crippen molar-refractivity contribution in [2.45, 2.75) is 6.42 Å². The molecule has 0 amide bonds. The van der Waals surface area contributed by atoms with Crippen LogP contribution in [0.4, 0.5) is 4.39 Å². The van der Waals surface area contributed by atoms with Gasteiger partial charge in [0.25, 0.3) is 0 Å². The zero-order chi connectivity index (χ0) is 11.1. The van der Waals surface area contributed by atoms with Crippen molar-refractivity contribution >= 4 is 15.9 Å². The zero-order valence-electron chi connectivity index (χ0n) is 8.72. The molecule has 2 nitrogen and oxygen atoms in total. The highest BCUT2D eigenvalue weighted by molar-refractivity contribution is 9.10. The van der Waals surface area contributed by atoms with E-state index in [9.17, 15) is 4.39 Å². The molecule has 0 aliphatic heterocycles. The summed E-state index contributed by atoms with van der Waals surface area (Å²) in [6.45, 7) is 2.23. The van der Waals surface area contributed by atoms with Crippen molar-refractivity contribution in [1.82, 2.24) is 5.32 Å². The first kappa shape index (κ1) is 12.6. The van der Waals surface area contributed by atoms with Gasteiger partial charge in [-0.25, -0.2) is 4.39 Å². The van der Waals surface area contributed by atoms with Crippen molar-refractivity contribution in [1.29, 1.82) is 0 Å². The Morgan fingerprint density at radius 2 is 2.20 bits per heavy atom. The van der Waals surface area contributed by atoms with E-state index in [0.29, 0.717) is 17.7 Å². The monoisotopic (exact) mass is 275 g/mol. The van der Waals surface area contributed by atoms with Crippen LogP contribution in [0.15, 0.2) is 22.7 Å². The molecule has 4 heteroatoms. The Hall–Kier alpha value is -0.450. The molecular weight excluding hydrogens is 261 g/mol. The SMILES string of the molecule is CNCCOCCc1ccc(F)c(Br)c1. The molecule has 0 saturated carbocycles. The molecule has 0 aliphatic rings. The van der Waals surface area contributed by atoms with Crippen molar-refractivity contribution in [2.24, 2.45) is 0 Å². The van der Waals surface area contributed by atoms with E-state index in [4.69, 9.17) is 4.74 Å². The maximum atomic E-state index is 12.9. The summed E-state index contributed by atoms with van der Waals surface area (Å²) >= 11 is 3.15. The predicted molar refractivity (Wildman–Crippen MR) is 62.5 cm³/mol. The van der Waals surface area contributed by atoms with Crippen LogP contribution in [0, 0.1) is 5.82 Å². The van der Waals surface area contributed by atoms with Crippen molar-refractivity contribution in [2.75, 3.05) is 26.8 Å². The Labute approximate surface area is 98.0 Å². The third-order valence-corrected chi connectivity index (χ3v) is 2.62. The van der Waals surface area contributed by atoms with Gasteiger partial charge in [0.05, 0.1) is 17.7 Å². The molecule has 0 aliphatic carbocycles. The molecule has 0 atom stereocenters. The van der Waals surface area contributed by atoms with Crippen molar-refractivity contribution < 1.29 is 9.13 Å². The molecule has 84 valence electrons. The Bertz CT molecular complexity index is 307. The molecule has 1 aromatic rings. The summed E-state index contributed by atoms with van der Waals surface area (Å²) in [4.78, 5) is 0. The topological polar surface area (TPSA) is 21.3 Å². The maximum absolute atomic E-state index is 12.9. The molecule has 15 heavy (non-hydrogen) atoms. The molecular formula is C11H15BrFNO. The van der Waals surface area contributed by atoms with Gasteiger partial charge in [0, 0.05) is 6.54 Å². The fourth-order valence-electron chi connectivity index (χ4n) is 1.16. The summed E-state index contributed by atoms with van der Waals surface area (Å²) in [5.41, 5.74) is 1.08. The first-order chi connectivity index (χ1) is 7.24. The molecule has 1 rings (SSSR count). The highest BCUT2D eigenvalue weighted by Crippen LogP contribution is 2.16. The van der Waals surface area contributed by atoms with Crippen molar-refractivity contribution in [3.8, 4) is 0 Å². The van der Waals surface area contributed by atoms with Gasteiger partial charge in [0.1, 0.15) is 5.82 Å². The number of hydrogen-bond acceptors (Lipinski definition) is 2. The molecule has 0 fully saturated rings. The Kier molecular flexibility index (Phi) is 5.83. The molecule has 0 spiro atoms. The van der Waals surface area contributed by atoms with E-state index in [-0.39, 0.29) is 5.82 Å². The molecule has 0 aromatic heterocycles. The lowest BCUT2D eigenvalue weighted by atomic mass is 10.2. The van der Waals surface area contributed by atoms with Gasteiger partial charge < -0.3 is 10.1 Å². The number of halogens is 2. The van der Waals surface area contributed by atoms with Gasteiger partial charge >= 0.3 is 0 Å². The third-order valence-electron chi connectivity index (χ3n) is 2.02. The fourth-order valence-corrected chi connectivity index (χ4v) is 1.59. The molecule has 0 saturated heterocycles. The number of ether oxygens (including phenoxy) is 1. The minimum atomic E-state index is -0.227. The van der Waals surface area contributed by atoms with Gasteiger partial charge in [0.2, 0.25) is 0 Å². The molecule has 0 bridgehead atoms. The highest BCUT2D eigenvalue weighted by atomic mass is 79.9. The predicted octanol–water partition coefficient (Wildman–Crippen LogP) is 2.37. The minimum Gasteiger partial charge on any atom is -0.380 e. The zero-order valence-corrected chi connectivity index (χ0v) is 10.3. The molecule has 0 heterocycles. The van der Waals surface area contributed by atoms with Gasteiger partial charge in [-0.15, -0.1) is 0 Å². The van der Waals surface area contributed by atoms with Crippen LogP contribution in [0.5, 0.6) is 0 Å². The van der Waals surface area contributed by atoms with Crippen LogP contribution in [-0.2, 0) is 11.2 Å². The van der Waals surface area contributed by atoms with E-state index in [1.807, 2.05) is 7.05 Å². The second kappa shape index (κ2) is 6.93. The number of likely N-dealkylation sites (N-methyl/N-ethyl adjacent to an activating group) is 1. The number of hydrogen-bond donors (Lipinski definition) is 1. The molecule has 1 N–H and O–H groups in total. The van der Waals surface area contributed by atoms with Crippen LogP contribution in [0.1, 0.15) is 5.56 Å². The van der Waals surface area contributed by atoms with Crippen LogP contribution in [0.3, 0.4) is 0 Å². The normalized spacial score (nSPS) is 10.6. The smallest absolute Gasteiger partial charge is 0.137 e. The number of benzene rings is 1.